The molecule has 88 valence electrons. The van der Waals surface area contributed by atoms with E-state index in [1.54, 1.807) is 4.68 Å². The highest BCUT2D eigenvalue weighted by molar-refractivity contribution is 5.96. The lowest BCUT2D eigenvalue weighted by molar-refractivity contribution is 0.0898. The highest BCUT2D eigenvalue weighted by Gasteiger charge is 2.23. The van der Waals surface area contributed by atoms with Crippen LogP contribution in [-0.4, -0.2) is 15.6 Å². The third kappa shape index (κ3) is 2.34. The molecule has 1 aliphatic rings. The minimum atomic E-state index is 0.234. The van der Waals surface area contributed by atoms with Gasteiger partial charge in [-0.15, -0.1) is 0 Å². The average Bonchev–Trinajstić information content (AvgIpc) is 2.49. The fourth-order valence-electron chi connectivity index (χ4n) is 2.59. The Morgan fingerprint density at radius 2 is 1.94 bits per heavy atom. The molecule has 0 aliphatic heterocycles. The summed E-state index contributed by atoms with van der Waals surface area (Å²) in [5.41, 5.74) is 1.71. The number of aromatic nitrogens is 2. The van der Waals surface area contributed by atoms with Gasteiger partial charge in [0.05, 0.1) is 5.69 Å². The topological polar surface area (TPSA) is 34.9 Å². The van der Waals surface area contributed by atoms with E-state index in [1.807, 2.05) is 20.0 Å². The standard InChI is InChI=1S/C13H20N2O/c1-10-9-12(15(2)14-10)13(16)11-7-5-3-4-6-8-11/h9,11H,3-8H2,1-2H3. The van der Waals surface area contributed by atoms with Gasteiger partial charge in [-0.25, -0.2) is 0 Å². The lowest BCUT2D eigenvalue weighted by atomic mass is 9.93. The van der Waals surface area contributed by atoms with Crippen molar-refractivity contribution in [3.8, 4) is 0 Å². The summed E-state index contributed by atoms with van der Waals surface area (Å²) >= 11 is 0. The smallest absolute Gasteiger partial charge is 0.183 e. The third-order valence-electron chi connectivity index (χ3n) is 3.48. The predicted octanol–water partition coefficient (Wildman–Crippen LogP) is 2.88. The summed E-state index contributed by atoms with van der Waals surface area (Å²) in [6.45, 7) is 1.93. The van der Waals surface area contributed by atoms with Crippen molar-refractivity contribution in [1.29, 1.82) is 0 Å². The number of rotatable bonds is 2. The van der Waals surface area contributed by atoms with Gasteiger partial charge in [0.25, 0.3) is 0 Å². The van der Waals surface area contributed by atoms with E-state index in [2.05, 4.69) is 5.10 Å². The summed E-state index contributed by atoms with van der Waals surface area (Å²) in [5.74, 6) is 0.530. The number of Topliss-reactive ketones (excluding diaryl/α,β-unsaturated/α-hetero) is 1. The molecule has 0 unspecified atom stereocenters. The molecule has 0 saturated heterocycles. The summed E-state index contributed by atoms with van der Waals surface area (Å²) in [7, 11) is 1.86. The molecule has 1 heterocycles. The Bertz CT molecular complexity index is 373. The van der Waals surface area contributed by atoms with Gasteiger partial charge in [-0.3, -0.25) is 9.48 Å². The van der Waals surface area contributed by atoms with Crippen LogP contribution in [0.2, 0.25) is 0 Å². The first-order valence-corrected chi connectivity index (χ1v) is 6.23. The monoisotopic (exact) mass is 220 g/mol. The SMILES string of the molecule is Cc1cc(C(=O)C2CCCCCC2)n(C)n1. The van der Waals surface area contributed by atoms with Crippen molar-refractivity contribution in [2.24, 2.45) is 13.0 Å². The summed E-state index contributed by atoms with van der Waals surface area (Å²) < 4.78 is 1.72. The quantitative estimate of drug-likeness (QED) is 0.567. The maximum Gasteiger partial charge on any atom is 0.183 e. The van der Waals surface area contributed by atoms with E-state index in [0.29, 0.717) is 5.78 Å². The van der Waals surface area contributed by atoms with E-state index in [9.17, 15) is 4.79 Å². The van der Waals surface area contributed by atoms with Crippen LogP contribution in [0.15, 0.2) is 6.07 Å². The molecule has 16 heavy (non-hydrogen) atoms. The van der Waals surface area contributed by atoms with Crippen LogP contribution in [0.4, 0.5) is 0 Å². The first-order valence-electron chi connectivity index (χ1n) is 6.23. The van der Waals surface area contributed by atoms with E-state index in [0.717, 1.165) is 24.2 Å². The van der Waals surface area contributed by atoms with Gasteiger partial charge in [-0.05, 0) is 25.8 Å². The molecule has 0 amide bonds. The lowest BCUT2D eigenvalue weighted by Gasteiger charge is -2.12. The van der Waals surface area contributed by atoms with Crippen molar-refractivity contribution in [3.63, 3.8) is 0 Å². The Labute approximate surface area is 96.8 Å². The van der Waals surface area contributed by atoms with Gasteiger partial charge >= 0.3 is 0 Å². The molecule has 1 saturated carbocycles. The summed E-state index contributed by atoms with van der Waals surface area (Å²) in [6, 6.07) is 1.91. The normalized spacial score (nSPS) is 18.4. The van der Waals surface area contributed by atoms with Gasteiger partial charge in [0.1, 0.15) is 5.69 Å². The number of aryl methyl sites for hydroxylation is 2. The number of carbonyl (C=O) groups is 1. The zero-order chi connectivity index (χ0) is 11.5. The highest BCUT2D eigenvalue weighted by Crippen LogP contribution is 2.26. The fraction of sp³-hybridized carbons (Fsp3) is 0.692. The van der Waals surface area contributed by atoms with E-state index < -0.39 is 0 Å². The maximum atomic E-state index is 12.3. The van der Waals surface area contributed by atoms with Crippen LogP contribution >= 0.6 is 0 Å². The molecule has 0 bridgehead atoms. The first-order chi connectivity index (χ1) is 7.68. The van der Waals surface area contributed by atoms with Crippen LogP contribution < -0.4 is 0 Å². The van der Waals surface area contributed by atoms with Crippen molar-refractivity contribution in [2.75, 3.05) is 0 Å². The van der Waals surface area contributed by atoms with Gasteiger partial charge in [-0.1, -0.05) is 25.7 Å². The number of hydrogen-bond donors (Lipinski definition) is 0. The molecule has 0 aromatic carbocycles. The summed E-state index contributed by atoms with van der Waals surface area (Å²) in [6.07, 6.45) is 7.09. The number of carbonyl (C=O) groups excluding carboxylic acids is 1. The average molecular weight is 220 g/mol. The molecule has 1 aromatic heterocycles. The molecular weight excluding hydrogens is 200 g/mol. The Morgan fingerprint density at radius 3 is 2.44 bits per heavy atom. The van der Waals surface area contributed by atoms with Crippen LogP contribution in [0.1, 0.15) is 54.7 Å². The Morgan fingerprint density at radius 1 is 1.31 bits per heavy atom. The van der Waals surface area contributed by atoms with Gasteiger partial charge in [0.2, 0.25) is 0 Å². The number of hydrogen-bond acceptors (Lipinski definition) is 2. The van der Waals surface area contributed by atoms with E-state index in [-0.39, 0.29) is 5.92 Å². The molecule has 0 spiro atoms. The van der Waals surface area contributed by atoms with Crippen molar-refractivity contribution in [3.05, 3.63) is 17.5 Å². The minimum Gasteiger partial charge on any atom is -0.292 e. The molecule has 3 nitrogen and oxygen atoms in total. The van der Waals surface area contributed by atoms with Gasteiger partial charge < -0.3 is 0 Å². The van der Waals surface area contributed by atoms with Crippen molar-refractivity contribution < 1.29 is 4.79 Å². The molecule has 0 atom stereocenters. The van der Waals surface area contributed by atoms with Crippen LogP contribution in [0.25, 0.3) is 0 Å². The van der Waals surface area contributed by atoms with Gasteiger partial charge in [0.15, 0.2) is 5.78 Å². The van der Waals surface area contributed by atoms with E-state index >= 15 is 0 Å². The number of ketones is 1. The van der Waals surface area contributed by atoms with Crippen molar-refractivity contribution in [2.45, 2.75) is 45.4 Å². The zero-order valence-electron chi connectivity index (χ0n) is 10.2. The van der Waals surface area contributed by atoms with Crippen LogP contribution in [0.3, 0.4) is 0 Å². The highest BCUT2D eigenvalue weighted by atomic mass is 16.1. The van der Waals surface area contributed by atoms with Crippen LogP contribution in [0, 0.1) is 12.8 Å². The maximum absolute atomic E-state index is 12.3. The molecule has 2 rings (SSSR count). The van der Waals surface area contributed by atoms with E-state index in [1.165, 1.54) is 25.7 Å². The number of nitrogens with zero attached hydrogens (tertiary/aromatic N) is 2. The summed E-state index contributed by atoms with van der Waals surface area (Å²) in [4.78, 5) is 12.3. The Balaban J connectivity index is 2.14. The zero-order valence-corrected chi connectivity index (χ0v) is 10.2. The summed E-state index contributed by atoms with van der Waals surface area (Å²) in [5, 5.41) is 4.25. The van der Waals surface area contributed by atoms with Crippen LogP contribution in [0.5, 0.6) is 0 Å². The lowest BCUT2D eigenvalue weighted by Crippen LogP contribution is -2.17. The third-order valence-corrected chi connectivity index (χ3v) is 3.48. The molecule has 1 aromatic rings. The second-order valence-electron chi connectivity index (χ2n) is 4.85. The molecule has 0 radical (unpaired) electrons. The largest absolute Gasteiger partial charge is 0.292 e. The van der Waals surface area contributed by atoms with Crippen molar-refractivity contribution in [1.82, 2.24) is 9.78 Å². The molecule has 3 heteroatoms. The molecule has 1 fully saturated rings. The van der Waals surface area contributed by atoms with Gasteiger partial charge in [-0.2, -0.15) is 5.10 Å². The van der Waals surface area contributed by atoms with Crippen molar-refractivity contribution >= 4 is 5.78 Å². The molecular formula is C13H20N2O. The molecule has 1 aliphatic carbocycles. The predicted molar refractivity (Wildman–Crippen MR) is 63.5 cm³/mol. The Kier molecular flexibility index (Phi) is 3.42. The second-order valence-corrected chi connectivity index (χ2v) is 4.85. The first kappa shape index (κ1) is 11.4. The molecule has 0 N–H and O–H groups in total. The Hall–Kier alpha value is -1.12. The minimum absolute atomic E-state index is 0.234. The van der Waals surface area contributed by atoms with Gasteiger partial charge in [0, 0.05) is 13.0 Å². The fourth-order valence-corrected chi connectivity index (χ4v) is 2.59. The van der Waals surface area contributed by atoms with E-state index in [4.69, 9.17) is 0 Å². The second kappa shape index (κ2) is 4.81. The van der Waals surface area contributed by atoms with Crippen LogP contribution in [-0.2, 0) is 7.05 Å².